The van der Waals surface area contributed by atoms with Crippen molar-refractivity contribution < 1.29 is 14.1 Å². The maximum absolute atomic E-state index is 11.0. The van der Waals surface area contributed by atoms with E-state index in [0.29, 0.717) is 6.42 Å². The van der Waals surface area contributed by atoms with Crippen LogP contribution in [0.4, 0.5) is 0 Å². The average molecular weight is 179 g/mol. The van der Waals surface area contributed by atoms with Crippen molar-refractivity contribution in [3.05, 3.63) is 10.4 Å². The molecule has 2 unspecified atom stereocenters. The van der Waals surface area contributed by atoms with Crippen molar-refractivity contribution in [2.75, 3.05) is 0 Å². The van der Waals surface area contributed by atoms with Gasteiger partial charge in [0.15, 0.2) is 0 Å². The lowest BCUT2D eigenvalue weighted by Crippen LogP contribution is -2.01. The summed E-state index contributed by atoms with van der Waals surface area (Å²) in [5.41, 5.74) is 7.28. The van der Waals surface area contributed by atoms with Crippen molar-refractivity contribution in [2.24, 2.45) is 5.28 Å². The highest BCUT2D eigenvalue weighted by Gasteiger charge is 2.27. The molecule has 0 aliphatic rings. The molecule has 0 spiro atoms. The number of hydrogen-bond acceptors (Lipinski definition) is 3. The molecule has 2 atom stereocenters. The van der Waals surface area contributed by atoms with Crippen LogP contribution in [-0.2, 0) is 9.19 Å². The fourth-order valence-electron chi connectivity index (χ4n) is 0.380. The zero-order valence-electron chi connectivity index (χ0n) is 6.34. The monoisotopic (exact) mass is 179 g/mol. The molecule has 1 N–H and O–H groups in total. The van der Waals surface area contributed by atoms with E-state index >= 15 is 0 Å². The van der Waals surface area contributed by atoms with Gasteiger partial charge in [0.25, 0.3) is 0 Å². The van der Waals surface area contributed by atoms with Crippen LogP contribution in [0.5, 0.6) is 0 Å². The summed E-state index contributed by atoms with van der Waals surface area (Å²) < 4.78 is 15.0. The van der Waals surface area contributed by atoms with Gasteiger partial charge in [0.05, 0.1) is 5.66 Å². The largest absolute Gasteiger partial charge is 0.385 e. The second-order valence-corrected chi connectivity index (χ2v) is 4.25. The normalized spacial score (nSPS) is 17.7. The molecule has 0 aromatic rings. The van der Waals surface area contributed by atoms with Gasteiger partial charge in [-0.05, 0) is 18.9 Å². The topological polar surface area (TPSA) is 95.3 Å². The number of rotatable bonds is 4. The second-order valence-electron chi connectivity index (χ2n) is 2.07. The van der Waals surface area contributed by atoms with Crippen LogP contribution < -0.4 is 0 Å². The molecule has 0 saturated carbocycles. The van der Waals surface area contributed by atoms with Crippen molar-refractivity contribution in [3.63, 3.8) is 0 Å². The third-order valence-corrected chi connectivity index (χ3v) is 3.12. The zero-order chi connectivity index (χ0) is 8.91. The van der Waals surface area contributed by atoms with Crippen molar-refractivity contribution in [1.29, 1.82) is 0 Å². The molecule has 64 valence electrons. The van der Waals surface area contributed by atoms with Crippen molar-refractivity contribution in [1.82, 2.24) is 0 Å². The third kappa shape index (κ3) is 3.28. The summed E-state index contributed by atoms with van der Waals surface area (Å²) in [6.45, 7) is 3.29. The van der Waals surface area contributed by atoms with Gasteiger partial charge in [-0.1, -0.05) is 6.92 Å². The van der Waals surface area contributed by atoms with Crippen molar-refractivity contribution >= 4 is 7.60 Å². The van der Waals surface area contributed by atoms with Gasteiger partial charge in [0.1, 0.15) is 5.28 Å². The highest BCUT2D eigenvalue weighted by atomic mass is 31.2. The van der Waals surface area contributed by atoms with Crippen LogP contribution >= 0.6 is 7.60 Å². The van der Waals surface area contributed by atoms with Crippen molar-refractivity contribution in [2.45, 2.75) is 25.9 Å². The van der Waals surface area contributed by atoms with E-state index in [1.807, 2.05) is 0 Å². The summed E-state index contributed by atoms with van der Waals surface area (Å²) in [7, 11) is -3.72. The molecule has 7 heteroatoms. The molecule has 0 aliphatic heterocycles. The lowest BCUT2D eigenvalue weighted by atomic mass is 10.4. The Morgan fingerprint density at radius 1 is 1.91 bits per heavy atom. The maximum atomic E-state index is 11.0. The summed E-state index contributed by atoms with van der Waals surface area (Å²) in [6.07, 6.45) is 0.495. The Bertz CT molecular complexity index is 213. The molecule has 0 fully saturated rings. The molecule has 0 saturated heterocycles. The lowest BCUT2D eigenvalue weighted by Gasteiger charge is -2.13. The second kappa shape index (κ2) is 4.23. The first kappa shape index (κ1) is 10.3. The first-order valence-electron chi connectivity index (χ1n) is 3.10. The highest BCUT2D eigenvalue weighted by Crippen LogP contribution is 2.48. The van der Waals surface area contributed by atoms with Gasteiger partial charge >= 0.3 is 7.60 Å². The van der Waals surface area contributed by atoms with E-state index in [1.165, 1.54) is 0 Å². The van der Waals surface area contributed by atoms with E-state index in [1.54, 1.807) is 13.8 Å². The molecule has 6 nitrogen and oxygen atoms in total. The smallest absolute Gasteiger partial charge is 0.357 e. The fourth-order valence-corrected chi connectivity index (χ4v) is 1.14. The molecule has 0 aromatic heterocycles. The van der Waals surface area contributed by atoms with Crippen LogP contribution in [0.2, 0.25) is 0 Å². The predicted octanol–water partition coefficient (Wildman–Crippen LogP) is 2.21. The quantitative estimate of drug-likeness (QED) is 0.235. The summed E-state index contributed by atoms with van der Waals surface area (Å²) in [5, 5.41) is 2.58. The summed E-state index contributed by atoms with van der Waals surface area (Å²) in [4.78, 5) is 11.2. The third-order valence-electron chi connectivity index (χ3n) is 1.34. The van der Waals surface area contributed by atoms with Gasteiger partial charge in [-0.15, -0.1) is 0 Å². The van der Waals surface area contributed by atoms with E-state index in [0.717, 1.165) is 0 Å². The zero-order valence-corrected chi connectivity index (χ0v) is 7.23. The van der Waals surface area contributed by atoms with E-state index in [-0.39, 0.29) is 0 Å². The van der Waals surface area contributed by atoms with Crippen LogP contribution in [0, 0.1) is 0 Å². The highest BCUT2D eigenvalue weighted by molar-refractivity contribution is 7.53. The molecule has 0 aromatic carbocycles. The van der Waals surface area contributed by atoms with Crippen molar-refractivity contribution in [3.8, 4) is 0 Å². The predicted molar refractivity (Wildman–Crippen MR) is 39.8 cm³/mol. The molecular formula is C4H10N3O3P. The summed E-state index contributed by atoms with van der Waals surface area (Å²) in [6, 6.07) is 0. The Morgan fingerprint density at radius 2 is 2.45 bits per heavy atom. The number of nitrogens with zero attached hydrogens (tertiary/aromatic N) is 3. The molecule has 0 bridgehead atoms. The molecular weight excluding hydrogens is 169 g/mol. The van der Waals surface area contributed by atoms with Gasteiger partial charge in [-0.25, -0.2) is 4.57 Å². The summed E-state index contributed by atoms with van der Waals surface area (Å²) >= 11 is 0. The van der Waals surface area contributed by atoms with Crippen LogP contribution in [0.25, 0.3) is 10.4 Å². The van der Waals surface area contributed by atoms with Gasteiger partial charge in [0.2, 0.25) is 0 Å². The van der Waals surface area contributed by atoms with Gasteiger partial charge in [0, 0.05) is 4.91 Å². The Labute approximate surface area is 64.3 Å². The molecule has 0 heterocycles. The standard InChI is InChI=1S/C4H10N3O3P/c1-3-4(2)11(8,9)10-7-6-5/h4H,3H2,1-2H3,(H,8,9). The van der Waals surface area contributed by atoms with Gasteiger partial charge < -0.3 is 9.52 Å². The Morgan fingerprint density at radius 3 is 2.82 bits per heavy atom. The minimum absolute atomic E-state index is 0.495. The summed E-state index contributed by atoms with van der Waals surface area (Å²) in [5.74, 6) is 0. The van der Waals surface area contributed by atoms with Gasteiger partial charge in [-0.3, -0.25) is 0 Å². The van der Waals surface area contributed by atoms with Crippen LogP contribution in [0.3, 0.4) is 0 Å². The lowest BCUT2D eigenvalue weighted by molar-refractivity contribution is 0.259. The van der Waals surface area contributed by atoms with E-state index in [9.17, 15) is 4.57 Å². The molecule has 0 rings (SSSR count). The van der Waals surface area contributed by atoms with E-state index in [2.05, 4.69) is 14.8 Å². The Kier molecular flexibility index (Phi) is 3.97. The van der Waals surface area contributed by atoms with Crippen LogP contribution in [0.15, 0.2) is 5.28 Å². The Balaban J connectivity index is 4.21. The minimum atomic E-state index is -3.72. The Hall–Kier alpha value is -0.700. The minimum Gasteiger partial charge on any atom is -0.357 e. The number of azide groups is 1. The molecule has 11 heavy (non-hydrogen) atoms. The van der Waals surface area contributed by atoms with Gasteiger partial charge in [-0.2, -0.15) is 0 Å². The molecule has 0 radical (unpaired) electrons. The van der Waals surface area contributed by atoms with E-state index in [4.69, 9.17) is 10.4 Å². The van der Waals surface area contributed by atoms with Crippen LogP contribution in [-0.4, -0.2) is 10.6 Å². The average Bonchev–Trinajstić information content (AvgIpc) is 1.99. The maximum Gasteiger partial charge on any atom is 0.385 e. The SMILES string of the molecule is CCC(C)P(=O)(O)ON=[N+]=[N-]. The number of hydrogen-bond donors (Lipinski definition) is 1. The first-order chi connectivity index (χ1) is 5.04. The van der Waals surface area contributed by atoms with E-state index < -0.39 is 13.3 Å². The van der Waals surface area contributed by atoms with Crippen LogP contribution in [0.1, 0.15) is 20.3 Å². The molecule has 0 amide bonds. The molecule has 0 aliphatic carbocycles. The fraction of sp³-hybridized carbons (Fsp3) is 1.00. The first-order valence-corrected chi connectivity index (χ1v) is 4.75.